The van der Waals surface area contributed by atoms with Crippen LogP contribution in [0.5, 0.6) is 0 Å². The second-order valence-corrected chi connectivity index (χ2v) is 3.48. The minimum atomic E-state index is -0.299. The summed E-state index contributed by atoms with van der Waals surface area (Å²) in [7, 11) is 0. The average Bonchev–Trinajstić information content (AvgIpc) is 2.23. The summed E-state index contributed by atoms with van der Waals surface area (Å²) in [6.07, 6.45) is 5.63. The zero-order valence-electron chi connectivity index (χ0n) is 8.88. The van der Waals surface area contributed by atoms with Crippen LogP contribution in [0.15, 0.2) is 23.5 Å². The van der Waals surface area contributed by atoms with Gasteiger partial charge in [0, 0.05) is 6.54 Å². The lowest BCUT2D eigenvalue weighted by Crippen LogP contribution is -2.30. The lowest BCUT2D eigenvalue weighted by molar-refractivity contribution is -0.115. The summed E-state index contributed by atoms with van der Waals surface area (Å²) in [5.41, 5.74) is 5.80. The predicted molar refractivity (Wildman–Crippen MR) is 57.9 cm³/mol. The fourth-order valence-corrected chi connectivity index (χ4v) is 1.35. The van der Waals surface area contributed by atoms with Crippen LogP contribution in [0.3, 0.4) is 0 Å². The summed E-state index contributed by atoms with van der Waals surface area (Å²) in [6.45, 7) is 2.78. The van der Waals surface area contributed by atoms with E-state index in [1.807, 2.05) is 0 Å². The highest BCUT2D eigenvalue weighted by Gasteiger charge is 2.19. The summed E-state index contributed by atoms with van der Waals surface area (Å²) in [5, 5.41) is 2.92. The molecule has 0 fully saturated rings. The van der Waals surface area contributed by atoms with Gasteiger partial charge in [0.25, 0.3) is 0 Å². The first-order valence-corrected chi connectivity index (χ1v) is 5.17. The van der Waals surface area contributed by atoms with Gasteiger partial charge in [0.05, 0.1) is 0 Å². The monoisotopic (exact) mass is 208 g/mol. The zero-order valence-corrected chi connectivity index (χ0v) is 8.88. The molecule has 15 heavy (non-hydrogen) atoms. The van der Waals surface area contributed by atoms with E-state index in [1.165, 1.54) is 12.2 Å². The van der Waals surface area contributed by atoms with Gasteiger partial charge in [-0.25, -0.2) is 0 Å². The summed E-state index contributed by atoms with van der Waals surface area (Å²) < 4.78 is 0. The Labute approximate surface area is 89.2 Å². The molecule has 0 saturated carbocycles. The van der Waals surface area contributed by atoms with Crippen LogP contribution in [0.2, 0.25) is 0 Å². The molecule has 0 aliphatic heterocycles. The van der Waals surface area contributed by atoms with Crippen molar-refractivity contribution in [1.82, 2.24) is 5.32 Å². The smallest absolute Gasteiger partial charge is 0.204 e. The van der Waals surface area contributed by atoms with Gasteiger partial charge in [-0.3, -0.25) is 9.59 Å². The Balaban J connectivity index is 2.55. The lowest BCUT2D eigenvalue weighted by Gasteiger charge is -2.13. The van der Waals surface area contributed by atoms with Crippen molar-refractivity contribution in [2.45, 2.75) is 26.2 Å². The van der Waals surface area contributed by atoms with Crippen LogP contribution >= 0.6 is 0 Å². The molecule has 82 valence electrons. The van der Waals surface area contributed by atoms with Gasteiger partial charge in [0.1, 0.15) is 11.4 Å². The molecule has 0 spiro atoms. The van der Waals surface area contributed by atoms with E-state index in [1.54, 1.807) is 0 Å². The Morgan fingerprint density at radius 1 is 1.20 bits per heavy atom. The first-order valence-electron chi connectivity index (χ1n) is 5.17. The first-order chi connectivity index (χ1) is 7.16. The molecule has 0 saturated heterocycles. The first kappa shape index (κ1) is 11.5. The van der Waals surface area contributed by atoms with Gasteiger partial charge < -0.3 is 11.1 Å². The third-order valence-corrected chi connectivity index (χ3v) is 2.25. The molecule has 3 N–H and O–H groups in total. The molecule has 0 aromatic carbocycles. The maximum absolute atomic E-state index is 11.4. The number of nitrogens with one attached hydrogen (secondary N) is 1. The van der Waals surface area contributed by atoms with Crippen LogP contribution in [-0.2, 0) is 9.59 Å². The Morgan fingerprint density at radius 3 is 2.53 bits per heavy atom. The summed E-state index contributed by atoms with van der Waals surface area (Å²) in [4.78, 5) is 22.6. The Bertz CT molecular complexity index is 329. The number of hydrogen-bond acceptors (Lipinski definition) is 4. The van der Waals surface area contributed by atoms with Crippen molar-refractivity contribution in [3.05, 3.63) is 23.5 Å². The van der Waals surface area contributed by atoms with Gasteiger partial charge in [0.15, 0.2) is 0 Å². The molecule has 0 bridgehead atoms. The molecule has 1 aliphatic carbocycles. The summed E-state index contributed by atoms with van der Waals surface area (Å²) in [5.74, 6) is -0.517. The van der Waals surface area contributed by atoms with E-state index in [4.69, 9.17) is 5.73 Å². The van der Waals surface area contributed by atoms with Gasteiger partial charge in [-0.15, -0.1) is 0 Å². The predicted octanol–water partition coefficient (Wildman–Crippen LogP) is 0.645. The van der Waals surface area contributed by atoms with Gasteiger partial charge in [-0.2, -0.15) is 0 Å². The molecule has 0 atom stereocenters. The Hall–Kier alpha value is -1.58. The van der Waals surface area contributed by atoms with Crippen molar-refractivity contribution in [2.75, 3.05) is 6.54 Å². The number of rotatable bonds is 5. The van der Waals surface area contributed by atoms with Crippen molar-refractivity contribution >= 4 is 11.6 Å². The van der Waals surface area contributed by atoms with Crippen LogP contribution in [-0.4, -0.2) is 18.1 Å². The van der Waals surface area contributed by atoms with Crippen LogP contribution in [0.25, 0.3) is 0 Å². The van der Waals surface area contributed by atoms with E-state index in [-0.39, 0.29) is 23.0 Å². The molecule has 0 heterocycles. The largest absolute Gasteiger partial charge is 0.394 e. The highest BCUT2D eigenvalue weighted by atomic mass is 16.1. The third-order valence-electron chi connectivity index (χ3n) is 2.25. The van der Waals surface area contributed by atoms with Gasteiger partial charge in [0.2, 0.25) is 11.6 Å². The quantitative estimate of drug-likeness (QED) is 0.514. The molecule has 0 unspecified atom stereocenters. The van der Waals surface area contributed by atoms with E-state index in [2.05, 4.69) is 12.2 Å². The standard InChI is InChI=1S/C11H16N2O2/c1-2-3-4-7-13-11-9(15)6-5-8(14)10(11)12/h5-6,13H,2-4,7,12H2,1H3. The second-order valence-electron chi connectivity index (χ2n) is 3.48. The fraction of sp³-hybridized carbons (Fsp3) is 0.455. The zero-order chi connectivity index (χ0) is 11.3. The molecule has 4 nitrogen and oxygen atoms in total. The Morgan fingerprint density at radius 2 is 1.87 bits per heavy atom. The van der Waals surface area contributed by atoms with Crippen LogP contribution in [0.4, 0.5) is 0 Å². The van der Waals surface area contributed by atoms with Gasteiger partial charge in [-0.05, 0) is 18.6 Å². The van der Waals surface area contributed by atoms with Crippen molar-refractivity contribution in [1.29, 1.82) is 0 Å². The molecule has 1 rings (SSSR count). The molecular formula is C11H16N2O2. The maximum atomic E-state index is 11.4. The number of ketones is 2. The highest BCUT2D eigenvalue weighted by Crippen LogP contribution is 2.07. The minimum absolute atomic E-state index is 0.0269. The number of allylic oxidation sites excluding steroid dienone is 2. The number of carbonyl (C=O) groups excluding carboxylic acids is 2. The molecule has 4 heteroatoms. The highest BCUT2D eigenvalue weighted by molar-refractivity contribution is 6.19. The van der Waals surface area contributed by atoms with Crippen molar-refractivity contribution < 1.29 is 9.59 Å². The topological polar surface area (TPSA) is 72.2 Å². The van der Waals surface area contributed by atoms with E-state index in [0.29, 0.717) is 6.54 Å². The van der Waals surface area contributed by atoms with Gasteiger partial charge >= 0.3 is 0 Å². The van der Waals surface area contributed by atoms with Crippen LogP contribution in [0, 0.1) is 0 Å². The Kier molecular flexibility index (Phi) is 4.09. The fourth-order valence-electron chi connectivity index (χ4n) is 1.35. The number of hydrogen-bond donors (Lipinski definition) is 2. The molecule has 0 aromatic heterocycles. The van der Waals surface area contributed by atoms with Crippen LogP contribution < -0.4 is 11.1 Å². The summed E-state index contributed by atoms with van der Waals surface area (Å²) in [6, 6.07) is 0. The normalized spacial score (nSPS) is 16.1. The van der Waals surface area contributed by atoms with E-state index >= 15 is 0 Å². The van der Waals surface area contributed by atoms with E-state index in [0.717, 1.165) is 19.3 Å². The number of carbonyl (C=O) groups is 2. The molecule has 0 amide bonds. The minimum Gasteiger partial charge on any atom is -0.394 e. The molecule has 0 aromatic rings. The van der Waals surface area contributed by atoms with Crippen LogP contribution in [0.1, 0.15) is 26.2 Å². The average molecular weight is 208 g/mol. The number of nitrogens with two attached hydrogens (primary N) is 1. The van der Waals surface area contributed by atoms with Gasteiger partial charge in [-0.1, -0.05) is 19.8 Å². The summed E-state index contributed by atoms with van der Waals surface area (Å²) >= 11 is 0. The lowest BCUT2D eigenvalue weighted by atomic mass is 10.1. The maximum Gasteiger partial charge on any atom is 0.204 e. The van der Waals surface area contributed by atoms with Crippen molar-refractivity contribution in [2.24, 2.45) is 5.73 Å². The molecular weight excluding hydrogens is 192 g/mol. The van der Waals surface area contributed by atoms with Crippen molar-refractivity contribution in [3.63, 3.8) is 0 Å². The second kappa shape index (κ2) is 5.34. The number of unbranched alkanes of at least 4 members (excludes halogenated alkanes) is 2. The molecule has 1 aliphatic rings. The molecule has 0 radical (unpaired) electrons. The van der Waals surface area contributed by atoms with E-state index < -0.39 is 0 Å². The SMILES string of the molecule is CCCCCNC1=C(N)C(=O)C=CC1=O. The van der Waals surface area contributed by atoms with Crippen molar-refractivity contribution in [3.8, 4) is 0 Å². The van der Waals surface area contributed by atoms with E-state index in [9.17, 15) is 9.59 Å². The third kappa shape index (κ3) is 2.94.